The molecule has 118 valence electrons. The van der Waals surface area contributed by atoms with Crippen LogP contribution in [0.5, 0.6) is 0 Å². The van der Waals surface area contributed by atoms with Gasteiger partial charge >= 0.3 is 0 Å². The van der Waals surface area contributed by atoms with Crippen molar-refractivity contribution in [2.45, 2.75) is 25.4 Å². The molecule has 1 aliphatic rings. The van der Waals surface area contributed by atoms with Crippen molar-refractivity contribution < 1.29 is 14.3 Å². The van der Waals surface area contributed by atoms with Crippen molar-refractivity contribution in [2.75, 3.05) is 25.1 Å². The van der Waals surface area contributed by atoms with Gasteiger partial charge in [0.1, 0.15) is 0 Å². The number of thiophene rings is 1. The maximum atomic E-state index is 11.8. The predicted molar refractivity (Wildman–Crippen MR) is 84.9 cm³/mol. The third-order valence-electron chi connectivity index (χ3n) is 3.43. The molecule has 0 aliphatic carbocycles. The zero-order chi connectivity index (χ0) is 15.2. The molecule has 22 heavy (non-hydrogen) atoms. The summed E-state index contributed by atoms with van der Waals surface area (Å²) >= 11 is 1.62. The molecular weight excluding hydrogens is 302 g/mol. The van der Waals surface area contributed by atoms with E-state index in [0.29, 0.717) is 25.5 Å². The molecule has 0 spiro atoms. The van der Waals surface area contributed by atoms with Crippen molar-refractivity contribution in [1.29, 1.82) is 0 Å². The number of nitrogens with one attached hydrogen (secondary N) is 2. The number of H-pyrrole nitrogens is 1. The van der Waals surface area contributed by atoms with E-state index in [9.17, 15) is 4.79 Å². The fraction of sp³-hybridized carbons (Fsp3) is 0.467. The Morgan fingerprint density at radius 1 is 1.59 bits per heavy atom. The summed E-state index contributed by atoms with van der Waals surface area (Å²) in [7, 11) is 0. The number of rotatable bonds is 7. The highest BCUT2D eigenvalue weighted by Gasteiger charge is 2.15. The summed E-state index contributed by atoms with van der Waals surface area (Å²) in [6.07, 6.45) is 2.65. The van der Waals surface area contributed by atoms with Gasteiger partial charge in [0.2, 0.25) is 5.91 Å². The number of carbonyl (C=O) groups is 1. The van der Waals surface area contributed by atoms with E-state index >= 15 is 0 Å². The van der Waals surface area contributed by atoms with Gasteiger partial charge in [0.05, 0.1) is 36.3 Å². The first-order valence-corrected chi connectivity index (χ1v) is 8.28. The van der Waals surface area contributed by atoms with Gasteiger partial charge in [-0.3, -0.25) is 9.89 Å². The number of hydrogen-bond donors (Lipinski definition) is 2. The van der Waals surface area contributed by atoms with Crippen molar-refractivity contribution in [3.63, 3.8) is 0 Å². The van der Waals surface area contributed by atoms with E-state index < -0.39 is 0 Å². The monoisotopic (exact) mass is 321 g/mol. The van der Waals surface area contributed by atoms with Crippen LogP contribution in [0, 0.1) is 0 Å². The smallest absolute Gasteiger partial charge is 0.227 e. The van der Waals surface area contributed by atoms with Crippen LogP contribution >= 0.6 is 11.3 Å². The fourth-order valence-electron chi connectivity index (χ4n) is 2.30. The van der Waals surface area contributed by atoms with Gasteiger partial charge in [-0.15, -0.1) is 11.3 Å². The summed E-state index contributed by atoms with van der Waals surface area (Å²) in [6.45, 7) is 1.78. The molecule has 1 unspecified atom stereocenters. The normalized spacial score (nSPS) is 17.7. The van der Waals surface area contributed by atoms with Gasteiger partial charge in [0.15, 0.2) is 5.82 Å². The number of amides is 1. The SMILES string of the molecule is O=C(CCOCC1CCCO1)Nc1cc(-c2cccs2)[nH]n1. The van der Waals surface area contributed by atoms with Crippen LogP contribution in [0.3, 0.4) is 0 Å². The second kappa shape index (κ2) is 7.53. The molecule has 1 saturated heterocycles. The van der Waals surface area contributed by atoms with Crippen LogP contribution in [0.1, 0.15) is 19.3 Å². The lowest BCUT2D eigenvalue weighted by Gasteiger charge is -2.09. The molecule has 0 saturated carbocycles. The molecule has 0 aromatic carbocycles. The zero-order valence-electron chi connectivity index (χ0n) is 12.2. The molecule has 2 aromatic heterocycles. The largest absolute Gasteiger partial charge is 0.378 e. The summed E-state index contributed by atoms with van der Waals surface area (Å²) in [5.41, 5.74) is 0.903. The number of anilines is 1. The Morgan fingerprint density at radius 3 is 3.32 bits per heavy atom. The van der Waals surface area contributed by atoms with E-state index in [2.05, 4.69) is 15.5 Å². The molecule has 3 heterocycles. The average Bonchev–Trinajstić information content (AvgIpc) is 3.24. The van der Waals surface area contributed by atoms with Gasteiger partial charge in [-0.05, 0) is 24.3 Å². The Kier molecular flexibility index (Phi) is 5.20. The molecule has 3 rings (SSSR count). The molecule has 1 atom stereocenters. The van der Waals surface area contributed by atoms with Crippen LogP contribution in [-0.4, -0.2) is 42.0 Å². The zero-order valence-corrected chi connectivity index (χ0v) is 13.0. The van der Waals surface area contributed by atoms with Gasteiger partial charge in [-0.1, -0.05) is 6.07 Å². The van der Waals surface area contributed by atoms with Crippen molar-refractivity contribution in [3.05, 3.63) is 23.6 Å². The van der Waals surface area contributed by atoms with Crippen molar-refractivity contribution in [3.8, 4) is 10.6 Å². The van der Waals surface area contributed by atoms with Gasteiger partial charge in [-0.2, -0.15) is 5.10 Å². The minimum atomic E-state index is -0.100. The maximum Gasteiger partial charge on any atom is 0.227 e. The first-order chi connectivity index (χ1) is 10.8. The Bertz CT molecular complexity index is 591. The highest BCUT2D eigenvalue weighted by molar-refractivity contribution is 7.13. The summed E-state index contributed by atoms with van der Waals surface area (Å²) in [5.74, 6) is 0.434. The quantitative estimate of drug-likeness (QED) is 0.769. The summed E-state index contributed by atoms with van der Waals surface area (Å²) < 4.78 is 10.9. The van der Waals surface area contributed by atoms with Crippen LogP contribution in [0.15, 0.2) is 23.6 Å². The minimum Gasteiger partial charge on any atom is -0.378 e. The fourth-order valence-corrected chi connectivity index (χ4v) is 3.00. The molecule has 0 radical (unpaired) electrons. The number of ether oxygens (including phenoxy) is 2. The highest BCUT2D eigenvalue weighted by Crippen LogP contribution is 2.24. The molecule has 7 heteroatoms. The molecule has 2 aromatic rings. The van der Waals surface area contributed by atoms with Crippen LogP contribution in [0.2, 0.25) is 0 Å². The molecular formula is C15H19N3O3S. The third-order valence-corrected chi connectivity index (χ3v) is 4.34. The van der Waals surface area contributed by atoms with Gasteiger partial charge in [0.25, 0.3) is 0 Å². The Hall–Kier alpha value is -1.70. The van der Waals surface area contributed by atoms with Crippen LogP contribution in [0.25, 0.3) is 10.6 Å². The average molecular weight is 321 g/mol. The van der Waals surface area contributed by atoms with E-state index in [4.69, 9.17) is 9.47 Å². The van der Waals surface area contributed by atoms with Crippen LogP contribution < -0.4 is 5.32 Å². The predicted octanol–water partition coefficient (Wildman–Crippen LogP) is 2.66. The maximum absolute atomic E-state index is 11.8. The van der Waals surface area contributed by atoms with E-state index in [0.717, 1.165) is 30.0 Å². The lowest BCUT2D eigenvalue weighted by Crippen LogP contribution is -2.18. The summed E-state index contributed by atoms with van der Waals surface area (Å²) in [4.78, 5) is 12.9. The van der Waals surface area contributed by atoms with E-state index in [1.54, 1.807) is 11.3 Å². The van der Waals surface area contributed by atoms with Gasteiger partial charge in [0, 0.05) is 12.7 Å². The van der Waals surface area contributed by atoms with Crippen molar-refractivity contribution in [2.24, 2.45) is 0 Å². The number of carbonyl (C=O) groups excluding carboxylic acids is 1. The molecule has 1 fully saturated rings. The number of nitrogens with zero attached hydrogens (tertiary/aromatic N) is 1. The summed E-state index contributed by atoms with van der Waals surface area (Å²) in [5, 5.41) is 11.8. The summed E-state index contributed by atoms with van der Waals surface area (Å²) in [6, 6.07) is 5.81. The van der Waals surface area contributed by atoms with Crippen LogP contribution in [0.4, 0.5) is 5.82 Å². The lowest BCUT2D eigenvalue weighted by molar-refractivity contribution is -0.117. The molecule has 2 N–H and O–H groups in total. The Balaban J connectivity index is 1.38. The number of aromatic nitrogens is 2. The topological polar surface area (TPSA) is 76.2 Å². The van der Waals surface area contributed by atoms with Crippen LogP contribution in [-0.2, 0) is 14.3 Å². The van der Waals surface area contributed by atoms with Crippen molar-refractivity contribution in [1.82, 2.24) is 10.2 Å². The first kappa shape index (κ1) is 15.2. The Labute approximate surface area is 132 Å². The number of hydrogen-bond acceptors (Lipinski definition) is 5. The molecule has 6 nitrogen and oxygen atoms in total. The van der Waals surface area contributed by atoms with E-state index in [-0.39, 0.29) is 12.0 Å². The van der Waals surface area contributed by atoms with Gasteiger partial charge < -0.3 is 14.8 Å². The van der Waals surface area contributed by atoms with Gasteiger partial charge in [-0.25, -0.2) is 0 Å². The molecule has 1 amide bonds. The Morgan fingerprint density at radius 2 is 2.55 bits per heavy atom. The minimum absolute atomic E-state index is 0.100. The van der Waals surface area contributed by atoms with E-state index in [1.807, 2.05) is 23.6 Å². The molecule has 0 bridgehead atoms. The van der Waals surface area contributed by atoms with Crippen molar-refractivity contribution >= 4 is 23.1 Å². The van der Waals surface area contributed by atoms with E-state index in [1.165, 1.54) is 0 Å². The second-order valence-electron chi connectivity index (χ2n) is 5.15. The first-order valence-electron chi connectivity index (χ1n) is 7.40. The number of aromatic amines is 1. The third kappa shape index (κ3) is 4.16. The standard InChI is InChI=1S/C15H19N3O3S/c19-15(5-7-20-10-11-3-1-6-21-11)16-14-9-12(17-18-14)13-4-2-8-22-13/h2,4,8-9,11H,1,3,5-7,10H2,(H2,16,17,18,19). The molecule has 1 aliphatic heterocycles. The highest BCUT2D eigenvalue weighted by atomic mass is 32.1. The lowest BCUT2D eigenvalue weighted by atomic mass is 10.2. The second-order valence-corrected chi connectivity index (χ2v) is 6.10.